The highest BCUT2D eigenvalue weighted by atomic mass is 19.4. The van der Waals surface area contributed by atoms with E-state index < -0.39 is 18.4 Å². The maximum Gasteiger partial charge on any atom is 0.573 e. The van der Waals surface area contributed by atoms with Gasteiger partial charge in [-0.05, 0) is 24.1 Å². The fourth-order valence-corrected chi connectivity index (χ4v) is 2.32. The van der Waals surface area contributed by atoms with E-state index in [0.717, 1.165) is 0 Å². The number of halogens is 3. The molecule has 0 spiro atoms. The topological polar surface area (TPSA) is 81.9 Å². The highest BCUT2D eigenvalue weighted by molar-refractivity contribution is 5.81. The van der Waals surface area contributed by atoms with Crippen LogP contribution < -0.4 is 10.5 Å². The van der Waals surface area contributed by atoms with Crippen molar-refractivity contribution >= 4 is 11.8 Å². The number of hydrogen-bond donors (Lipinski definition) is 1. The fourth-order valence-electron chi connectivity index (χ4n) is 2.32. The molecule has 2 rings (SSSR count). The molecule has 0 aromatic heterocycles. The zero-order valence-corrected chi connectivity index (χ0v) is 12.7. The van der Waals surface area contributed by atoms with Gasteiger partial charge >= 0.3 is 6.36 Å². The Kier molecular flexibility index (Phi) is 5.66. The first-order valence-electron chi connectivity index (χ1n) is 7.28. The second-order valence-corrected chi connectivity index (χ2v) is 5.29. The highest BCUT2D eigenvalue weighted by Crippen LogP contribution is 2.23. The molecule has 0 unspecified atom stereocenters. The van der Waals surface area contributed by atoms with Crippen LogP contribution in [0.3, 0.4) is 0 Å². The van der Waals surface area contributed by atoms with Crippen molar-refractivity contribution in [3.8, 4) is 5.75 Å². The lowest BCUT2D eigenvalue weighted by Crippen LogP contribution is -2.50. The van der Waals surface area contributed by atoms with Gasteiger partial charge in [0.2, 0.25) is 11.8 Å². The van der Waals surface area contributed by atoms with Crippen LogP contribution in [0.25, 0.3) is 0 Å². The second-order valence-electron chi connectivity index (χ2n) is 5.29. The van der Waals surface area contributed by atoms with Crippen molar-refractivity contribution in [3.05, 3.63) is 29.8 Å². The molecular weight excluding hydrogens is 329 g/mol. The van der Waals surface area contributed by atoms with Crippen LogP contribution in [0.2, 0.25) is 0 Å². The van der Waals surface area contributed by atoms with Gasteiger partial charge in [0.1, 0.15) is 5.75 Å². The van der Waals surface area contributed by atoms with Crippen LogP contribution in [0.1, 0.15) is 12.0 Å². The average Bonchev–Trinajstić information content (AvgIpc) is 2.52. The van der Waals surface area contributed by atoms with E-state index in [0.29, 0.717) is 18.5 Å². The van der Waals surface area contributed by atoms with Crippen molar-refractivity contribution in [3.63, 3.8) is 0 Å². The number of carbonyl (C=O) groups is 2. The van der Waals surface area contributed by atoms with Crippen LogP contribution in [0.5, 0.6) is 5.75 Å². The molecule has 1 aromatic carbocycles. The molecule has 1 saturated heterocycles. The molecule has 0 radical (unpaired) electrons. The Hall–Kier alpha value is -2.29. The van der Waals surface area contributed by atoms with Crippen LogP contribution >= 0.6 is 0 Å². The van der Waals surface area contributed by atoms with Gasteiger partial charge < -0.3 is 20.1 Å². The molecule has 0 aliphatic carbocycles. The largest absolute Gasteiger partial charge is 0.573 e. The van der Waals surface area contributed by atoms with Crippen molar-refractivity contribution in [2.75, 3.05) is 19.7 Å². The lowest BCUT2D eigenvalue weighted by Gasteiger charge is -2.31. The molecule has 1 heterocycles. The molecule has 132 valence electrons. The Morgan fingerprint density at radius 2 is 1.96 bits per heavy atom. The fraction of sp³-hybridized carbons (Fsp3) is 0.467. The van der Waals surface area contributed by atoms with E-state index in [1.165, 1.54) is 29.2 Å². The first-order chi connectivity index (χ1) is 11.2. The van der Waals surface area contributed by atoms with Crippen LogP contribution in [0.15, 0.2) is 24.3 Å². The number of ether oxygens (including phenoxy) is 2. The molecule has 1 fully saturated rings. The molecule has 1 aliphatic rings. The van der Waals surface area contributed by atoms with E-state index in [2.05, 4.69) is 4.74 Å². The summed E-state index contributed by atoms with van der Waals surface area (Å²) in [5, 5.41) is 0. The number of amides is 2. The van der Waals surface area contributed by atoms with E-state index in [9.17, 15) is 22.8 Å². The molecule has 0 saturated carbocycles. The molecule has 0 bridgehead atoms. The number of nitrogens with two attached hydrogens (primary N) is 1. The molecule has 2 amide bonds. The minimum absolute atomic E-state index is 0.118. The van der Waals surface area contributed by atoms with E-state index in [1.807, 2.05) is 0 Å². The third kappa shape index (κ3) is 5.41. The van der Waals surface area contributed by atoms with Crippen molar-refractivity contribution < 1.29 is 32.2 Å². The normalized spacial score (nSPS) is 18.3. The molecular formula is C15H17F3N2O4. The molecule has 9 heteroatoms. The van der Waals surface area contributed by atoms with Crippen LogP contribution in [0.4, 0.5) is 13.2 Å². The first kappa shape index (κ1) is 18.1. The van der Waals surface area contributed by atoms with E-state index in [-0.39, 0.29) is 31.2 Å². The van der Waals surface area contributed by atoms with E-state index >= 15 is 0 Å². The van der Waals surface area contributed by atoms with Gasteiger partial charge in [0.05, 0.1) is 13.2 Å². The number of primary amides is 1. The Bertz CT molecular complexity index is 589. The van der Waals surface area contributed by atoms with Crippen molar-refractivity contribution in [1.29, 1.82) is 0 Å². The number of morpholine rings is 1. The van der Waals surface area contributed by atoms with Crippen LogP contribution in [0, 0.1) is 0 Å². The summed E-state index contributed by atoms with van der Waals surface area (Å²) in [6, 6.07) is 5.34. The Labute approximate surface area is 136 Å². The van der Waals surface area contributed by atoms with Gasteiger partial charge in [0, 0.05) is 13.0 Å². The number of aryl methyl sites for hydroxylation is 1. The smallest absolute Gasteiger partial charge is 0.406 e. The number of carbonyl (C=O) groups excluding carboxylic acids is 2. The summed E-state index contributed by atoms with van der Waals surface area (Å²) in [7, 11) is 0. The summed E-state index contributed by atoms with van der Waals surface area (Å²) in [5.74, 6) is -1.09. The van der Waals surface area contributed by atoms with Gasteiger partial charge in [-0.15, -0.1) is 13.2 Å². The Balaban J connectivity index is 1.84. The Morgan fingerprint density at radius 3 is 2.54 bits per heavy atom. The number of hydrogen-bond acceptors (Lipinski definition) is 4. The SMILES string of the molecule is NC(=O)[C@H]1CN(C(=O)CCc2ccc(OC(F)(F)F)cc2)CCO1. The predicted molar refractivity (Wildman–Crippen MR) is 77.0 cm³/mol. The summed E-state index contributed by atoms with van der Waals surface area (Å²) < 4.78 is 45.2. The first-order valence-corrected chi connectivity index (χ1v) is 7.28. The van der Waals surface area contributed by atoms with Gasteiger partial charge in [-0.1, -0.05) is 12.1 Å². The summed E-state index contributed by atoms with van der Waals surface area (Å²) in [6.45, 7) is 0.732. The summed E-state index contributed by atoms with van der Waals surface area (Å²) in [5.41, 5.74) is 5.86. The van der Waals surface area contributed by atoms with E-state index in [1.54, 1.807) is 0 Å². The van der Waals surface area contributed by atoms with Gasteiger partial charge in [-0.2, -0.15) is 0 Å². The van der Waals surface area contributed by atoms with Crippen molar-refractivity contribution in [2.24, 2.45) is 5.73 Å². The van der Waals surface area contributed by atoms with Crippen LogP contribution in [-0.4, -0.2) is 48.9 Å². The molecule has 6 nitrogen and oxygen atoms in total. The molecule has 1 aromatic rings. The monoisotopic (exact) mass is 346 g/mol. The molecule has 2 N–H and O–H groups in total. The zero-order valence-electron chi connectivity index (χ0n) is 12.7. The number of alkyl halides is 3. The van der Waals surface area contributed by atoms with E-state index in [4.69, 9.17) is 10.5 Å². The van der Waals surface area contributed by atoms with Gasteiger partial charge in [-0.3, -0.25) is 9.59 Å². The van der Waals surface area contributed by atoms with Crippen molar-refractivity contribution in [2.45, 2.75) is 25.3 Å². The minimum Gasteiger partial charge on any atom is -0.406 e. The maximum absolute atomic E-state index is 12.1. The third-order valence-corrected chi connectivity index (χ3v) is 3.52. The summed E-state index contributed by atoms with van der Waals surface area (Å²) in [6.07, 6.45) is -5.00. The minimum atomic E-state index is -4.73. The standard InChI is InChI=1S/C15H17F3N2O4/c16-15(17,18)24-11-4-1-10(2-5-11)3-6-13(21)20-7-8-23-12(9-20)14(19)22/h1-2,4-5,12H,3,6-9H2,(H2,19,22)/t12-/m1/s1. The molecule has 24 heavy (non-hydrogen) atoms. The lowest BCUT2D eigenvalue weighted by atomic mass is 10.1. The number of benzene rings is 1. The van der Waals surface area contributed by atoms with Crippen molar-refractivity contribution in [1.82, 2.24) is 4.90 Å². The highest BCUT2D eigenvalue weighted by Gasteiger charge is 2.31. The maximum atomic E-state index is 12.1. The lowest BCUT2D eigenvalue weighted by molar-refractivity contribution is -0.274. The van der Waals surface area contributed by atoms with Gasteiger partial charge in [0.15, 0.2) is 6.10 Å². The average molecular weight is 346 g/mol. The quantitative estimate of drug-likeness (QED) is 0.869. The van der Waals surface area contributed by atoms with Gasteiger partial charge in [0.25, 0.3) is 0 Å². The Morgan fingerprint density at radius 1 is 1.29 bits per heavy atom. The summed E-state index contributed by atoms with van der Waals surface area (Å²) in [4.78, 5) is 24.7. The predicted octanol–water partition coefficient (Wildman–Crippen LogP) is 1.23. The summed E-state index contributed by atoms with van der Waals surface area (Å²) >= 11 is 0. The third-order valence-electron chi connectivity index (χ3n) is 3.52. The van der Waals surface area contributed by atoms with Crippen LogP contribution in [-0.2, 0) is 20.7 Å². The van der Waals surface area contributed by atoms with Gasteiger partial charge in [-0.25, -0.2) is 0 Å². The second kappa shape index (κ2) is 7.52. The number of rotatable bonds is 5. The molecule has 1 atom stereocenters. The molecule has 1 aliphatic heterocycles. The number of nitrogens with zero attached hydrogens (tertiary/aromatic N) is 1. The zero-order chi connectivity index (χ0) is 17.7.